The highest BCUT2D eigenvalue weighted by molar-refractivity contribution is 4.59. The summed E-state index contributed by atoms with van der Waals surface area (Å²) in [6, 6.07) is 0.628. The Kier molecular flexibility index (Phi) is 12.3. The van der Waals surface area contributed by atoms with Crippen molar-refractivity contribution >= 4 is 0 Å². The Hall–Kier alpha value is -0.0800. The van der Waals surface area contributed by atoms with E-state index in [0.29, 0.717) is 12.1 Å². The minimum atomic E-state index is 0.446. The van der Waals surface area contributed by atoms with Crippen LogP contribution in [0.25, 0.3) is 0 Å². The average molecular weight is 243 g/mol. The Morgan fingerprint density at radius 1 is 0.941 bits per heavy atom. The van der Waals surface area contributed by atoms with Gasteiger partial charge in [0.05, 0.1) is 6.10 Å². The van der Waals surface area contributed by atoms with E-state index < -0.39 is 0 Å². The van der Waals surface area contributed by atoms with Gasteiger partial charge in [-0.25, -0.2) is 0 Å². The minimum Gasteiger partial charge on any atom is -0.379 e. The number of hydrogen-bond acceptors (Lipinski definition) is 2. The molecule has 0 bridgehead atoms. The summed E-state index contributed by atoms with van der Waals surface area (Å²) in [6.45, 7) is 10.9. The van der Waals surface area contributed by atoms with Crippen molar-refractivity contribution in [3.8, 4) is 0 Å². The van der Waals surface area contributed by atoms with Crippen LogP contribution in [0.3, 0.4) is 0 Å². The molecule has 0 aromatic heterocycles. The average Bonchev–Trinajstić information content (AvgIpc) is 2.31. The molecule has 2 atom stereocenters. The molecule has 0 aliphatic heterocycles. The quantitative estimate of drug-likeness (QED) is 0.520. The van der Waals surface area contributed by atoms with E-state index in [2.05, 4.69) is 33.0 Å². The summed E-state index contributed by atoms with van der Waals surface area (Å²) in [5.41, 5.74) is 0. The number of ether oxygens (including phenoxy) is 1. The molecule has 0 rings (SSSR count). The zero-order valence-electron chi connectivity index (χ0n) is 12.4. The van der Waals surface area contributed by atoms with Crippen LogP contribution < -0.4 is 5.32 Å². The summed E-state index contributed by atoms with van der Waals surface area (Å²) in [4.78, 5) is 0. The first-order valence-electron chi connectivity index (χ1n) is 7.55. The van der Waals surface area contributed by atoms with E-state index in [9.17, 15) is 0 Å². The topological polar surface area (TPSA) is 21.3 Å². The van der Waals surface area contributed by atoms with Crippen LogP contribution in [0, 0.1) is 0 Å². The fraction of sp³-hybridized carbons (Fsp3) is 1.00. The van der Waals surface area contributed by atoms with Gasteiger partial charge in [-0.3, -0.25) is 0 Å². The van der Waals surface area contributed by atoms with Gasteiger partial charge in [0.25, 0.3) is 0 Å². The number of rotatable bonds is 12. The first kappa shape index (κ1) is 16.9. The molecule has 0 fully saturated rings. The third-order valence-corrected chi connectivity index (χ3v) is 3.20. The second-order valence-electron chi connectivity index (χ2n) is 5.13. The Morgan fingerprint density at radius 2 is 1.71 bits per heavy atom. The van der Waals surface area contributed by atoms with Crippen molar-refractivity contribution in [3.63, 3.8) is 0 Å². The van der Waals surface area contributed by atoms with Crippen LogP contribution in [-0.4, -0.2) is 25.3 Å². The molecule has 0 aliphatic carbocycles. The number of hydrogen-bond donors (Lipinski definition) is 1. The lowest BCUT2D eigenvalue weighted by molar-refractivity contribution is 0.0550. The lowest BCUT2D eigenvalue weighted by Crippen LogP contribution is -2.25. The molecule has 1 N–H and O–H groups in total. The van der Waals surface area contributed by atoms with Gasteiger partial charge in [-0.05, 0) is 39.7 Å². The molecule has 0 amide bonds. The van der Waals surface area contributed by atoms with Crippen LogP contribution in [-0.2, 0) is 4.74 Å². The maximum atomic E-state index is 5.82. The first-order chi connectivity index (χ1) is 8.20. The van der Waals surface area contributed by atoms with Gasteiger partial charge in [0.2, 0.25) is 0 Å². The van der Waals surface area contributed by atoms with Crippen molar-refractivity contribution in [2.75, 3.05) is 13.2 Å². The van der Waals surface area contributed by atoms with E-state index in [1.54, 1.807) is 0 Å². The summed E-state index contributed by atoms with van der Waals surface area (Å²) in [5, 5.41) is 3.43. The van der Waals surface area contributed by atoms with E-state index >= 15 is 0 Å². The van der Waals surface area contributed by atoms with E-state index in [4.69, 9.17) is 4.74 Å². The summed E-state index contributed by atoms with van der Waals surface area (Å²) < 4.78 is 5.82. The maximum absolute atomic E-state index is 5.82. The van der Waals surface area contributed by atoms with Gasteiger partial charge in [0.15, 0.2) is 0 Å². The van der Waals surface area contributed by atoms with Crippen LogP contribution in [0.4, 0.5) is 0 Å². The van der Waals surface area contributed by atoms with Crippen molar-refractivity contribution in [1.29, 1.82) is 0 Å². The van der Waals surface area contributed by atoms with Gasteiger partial charge >= 0.3 is 0 Å². The number of unbranched alkanes of at least 4 members (excludes halogenated alkanes) is 3. The Labute approximate surface area is 109 Å². The molecule has 2 nitrogen and oxygen atoms in total. The van der Waals surface area contributed by atoms with Crippen molar-refractivity contribution in [2.45, 2.75) is 84.8 Å². The molecule has 2 heteroatoms. The molecule has 0 heterocycles. The van der Waals surface area contributed by atoms with Crippen molar-refractivity contribution in [2.24, 2.45) is 0 Å². The Bertz CT molecular complexity index is 150. The summed E-state index contributed by atoms with van der Waals surface area (Å²) in [7, 11) is 0. The van der Waals surface area contributed by atoms with Gasteiger partial charge in [-0.2, -0.15) is 0 Å². The van der Waals surface area contributed by atoms with E-state index in [0.717, 1.165) is 13.2 Å². The highest BCUT2D eigenvalue weighted by Crippen LogP contribution is 2.08. The van der Waals surface area contributed by atoms with Gasteiger partial charge in [-0.15, -0.1) is 0 Å². The third kappa shape index (κ3) is 12.2. The monoisotopic (exact) mass is 243 g/mol. The smallest absolute Gasteiger partial charge is 0.0547 e. The molecule has 0 saturated carbocycles. The molecule has 0 aromatic rings. The maximum Gasteiger partial charge on any atom is 0.0547 e. The van der Waals surface area contributed by atoms with Gasteiger partial charge in [0.1, 0.15) is 0 Å². The molecule has 0 spiro atoms. The SMILES string of the molecule is CCCCCCC(C)OCCCC(C)NCC. The predicted molar refractivity (Wildman–Crippen MR) is 76.5 cm³/mol. The molecular formula is C15H33NO. The summed E-state index contributed by atoms with van der Waals surface area (Å²) in [6.07, 6.45) is 9.43. The number of nitrogens with one attached hydrogen (secondary N) is 1. The Balaban J connectivity index is 3.23. The highest BCUT2D eigenvalue weighted by Gasteiger charge is 2.03. The molecule has 17 heavy (non-hydrogen) atoms. The van der Waals surface area contributed by atoms with Crippen LogP contribution in [0.15, 0.2) is 0 Å². The van der Waals surface area contributed by atoms with Gasteiger partial charge in [-0.1, -0.05) is 39.5 Å². The van der Waals surface area contributed by atoms with Crippen LogP contribution in [0.2, 0.25) is 0 Å². The zero-order chi connectivity index (χ0) is 12.9. The van der Waals surface area contributed by atoms with E-state index in [1.165, 1.54) is 44.9 Å². The van der Waals surface area contributed by atoms with Crippen molar-refractivity contribution in [3.05, 3.63) is 0 Å². The predicted octanol–water partition coefficient (Wildman–Crippen LogP) is 4.14. The molecule has 0 aromatic carbocycles. The molecule has 104 valence electrons. The van der Waals surface area contributed by atoms with Gasteiger partial charge in [0, 0.05) is 12.6 Å². The van der Waals surface area contributed by atoms with Crippen LogP contribution >= 0.6 is 0 Å². The lowest BCUT2D eigenvalue weighted by atomic mass is 10.1. The molecular weight excluding hydrogens is 210 g/mol. The standard InChI is InChI=1S/C15H33NO/c1-5-7-8-9-12-15(4)17-13-10-11-14(3)16-6-2/h14-16H,5-13H2,1-4H3. The van der Waals surface area contributed by atoms with Crippen LogP contribution in [0.1, 0.15) is 72.6 Å². The second kappa shape index (κ2) is 12.4. The molecule has 0 aliphatic rings. The summed E-state index contributed by atoms with van der Waals surface area (Å²) in [5.74, 6) is 0. The lowest BCUT2D eigenvalue weighted by Gasteiger charge is -2.15. The van der Waals surface area contributed by atoms with E-state index in [-0.39, 0.29) is 0 Å². The third-order valence-electron chi connectivity index (χ3n) is 3.20. The van der Waals surface area contributed by atoms with E-state index in [1.807, 2.05) is 0 Å². The fourth-order valence-corrected chi connectivity index (χ4v) is 2.07. The van der Waals surface area contributed by atoms with Crippen LogP contribution in [0.5, 0.6) is 0 Å². The molecule has 0 saturated heterocycles. The van der Waals surface area contributed by atoms with Crippen molar-refractivity contribution in [1.82, 2.24) is 5.32 Å². The first-order valence-corrected chi connectivity index (χ1v) is 7.55. The highest BCUT2D eigenvalue weighted by atomic mass is 16.5. The minimum absolute atomic E-state index is 0.446. The van der Waals surface area contributed by atoms with Gasteiger partial charge < -0.3 is 10.1 Å². The van der Waals surface area contributed by atoms with Crippen molar-refractivity contribution < 1.29 is 4.74 Å². The fourth-order valence-electron chi connectivity index (χ4n) is 2.07. The Morgan fingerprint density at radius 3 is 2.35 bits per heavy atom. The second-order valence-corrected chi connectivity index (χ2v) is 5.13. The molecule has 2 unspecified atom stereocenters. The zero-order valence-corrected chi connectivity index (χ0v) is 12.4. The normalized spacial score (nSPS) is 14.8. The summed E-state index contributed by atoms with van der Waals surface area (Å²) >= 11 is 0. The molecule has 0 radical (unpaired) electrons. The largest absolute Gasteiger partial charge is 0.379 e.